The summed E-state index contributed by atoms with van der Waals surface area (Å²) in [6.07, 6.45) is 5.80. The Labute approximate surface area is 114 Å². The van der Waals surface area contributed by atoms with E-state index in [1.165, 1.54) is 0 Å². The average molecular weight is 318 g/mol. The molecule has 1 aliphatic carbocycles. The molecule has 1 aromatic heterocycles. The van der Waals surface area contributed by atoms with Crippen LogP contribution in [0.15, 0.2) is 22.8 Å². The highest BCUT2D eigenvalue weighted by atomic mass is 79.9. The number of alkyl halides is 1. The summed E-state index contributed by atoms with van der Waals surface area (Å²) in [5.74, 6) is -0.157. The minimum absolute atomic E-state index is 0.0372. The van der Waals surface area contributed by atoms with Crippen molar-refractivity contribution in [3.8, 4) is 0 Å². The first-order valence-corrected chi connectivity index (χ1v) is 6.97. The van der Waals surface area contributed by atoms with Crippen LogP contribution >= 0.6 is 27.5 Å². The zero-order valence-electron chi connectivity index (χ0n) is 9.33. The summed E-state index contributed by atoms with van der Waals surface area (Å²) in [5, 5.41) is 3.00. The van der Waals surface area contributed by atoms with E-state index in [4.69, 9.17) is 11.6 Å². The molecule has 17 heavy (non-hydrogen) atoms. The first kappa shape index (κ1) is 12.8. The Morgan fingerprint density at radius 2 is 2.24 bits per heavy atom. The topological polar surface area (TPSA) is 42.0 Å². The van der Waals surface area contributed by atoms with Crippen molar-refractivity contribution >= 4 is 33.4 Å². The van der Waals surface area contributed by atoms with Crippen LogP contribution in [-0.2, 0) is 0 Å². The lowest BCUT2D eigenvalue weighted by Gasteiger charge is -2.27. The number of pyridine rings is 1. The highest BCUT2D eigenvalue weighted by molar-refractivity contribution is 9.10. The fourth-order valence-electron chi connectivity index (χ4n) is 2.04. The summed E-state index contributed by atoms with van der Waals surface area (Å²) < 4.78 is 0.708. The summed E-state index contributed by atoms with van der Waals surface area (Å²) in [7, 11) is 0. The second-order valence-electron chi connectivity index (χ2n) is 4.21. The molecule has 1 saturated carbocycles. The number of halogens is 2. The standard InChI is InChI=1S/C12H14BrClN2O/c13-8-4-3-7-15-11(8)12(17)16-10-6-2-1-5-9(10)14/h3-4,7,9-10H,1-2,5-6H2,(H,16,17). The van der Waals surface area contributed by atoms with Crippen LogP contribution in [-0.4, -0.2) is 22.3 Å². The van der Waals surface area contributed by atoms with Crippen molar-refractivity contribution in [2.24, 2.45) is 0 Å². The smallest absolute Gasteiger partial charge is 0.271 e. The average Bonchev–Trinajstić information content (AvgIpc) is 2.32. The number of amides is 1. The summed E-state index contributed by atoms with van der Waals surface area (Å²) >= 11 is 9.53. The molecule has 2 atom stereocenters. The molecule has 0 aromatic carbocycles. The molecule has 2 rings (SSSR count). The fraction of sp³-hybridized carbons (Fsp3) is 0.500. The molecule has 1 amide bonds. The highest BCUT2D eigenvalue weighted by Crippen LogP contribution is 2.23. The normalized spacial score (nSPS) is 24.4. The molecule has 1 aliphatic rings. The Morgan fingerprint density at radius 3 is 2.94 bits per heavy atom. The van der Waals surface area contributed by atoms with Gasteiger partial charge in [0, 0.05) is 16.7 Å². The van der Waals surface area contributed by atoms with Crippen molar-refractivity contribution in [3.63, 3.8) is 0 Å². The molecule has 0 aliphatic heterocycles. The predicted octanol–water partition coefficient (Wildman–Crippen LogP) is 3.12. The summed E-state index contributed by atoms with van der Waals surface area (Å²) in [6.45, 7) is 0. The van der Waals surface area contributed by atoms with Gasteiger partial charge in [-0.15, -0.1) is 11.6 Å². The largest absolute Gasteiger partial charge is 0.346 e. The van der Waals surface area contributed by atoms with Crippen molar-refractivity contribution in [2.75, 3.05) is 0 Å². The predicted molar refractivity (Wildman–Crippen MR) is 71.3 cm³/mol. The molecule has 0 saturated heterocycles. The van der Waals surface area contributed by atoms with Crippen molar-refractivity contribution in [1.29, 1.82) is 0 Å². The molecule has 1 aromatic rings. The SMILES string of the molecule is O=C(NC1CCCCC1Cl)c1ncccc1Br. The van der Waals surface area contributed by atoms with Gasteiger partial charge in [-0.2, -0.15) is 0 Å². The van der Waals surface area contributed by atoms with Gasteiger partial charge >= 0.3 is 0 Å². The van der Waals surface area contributed by atoms with Gasteiger partial charge < -0.3 is 5.32 Å². The van der Waals surface area contributed by atoms with Crippen LogP contribution < -0.4 is 5.32 Å². The lowest BCUT2D eigenvalue weighted by molar-refractivity contribution is 0.0923. The zero-order valence-corrected chi connectivity index (χ0v) is 11.7. The fourth-order valence-corrected chi connectivity index (χ4v) is 2.82. The monoisotopic (exact) mass is 316 g/mol. The van der Waals surface area contributed by atoms with E-state index in [1.807, 2.05) is 0 Å². The molecular formula is C12H14BrClN2O. The molecule has 0 spiro atoms. The quantitative estimate of drug-likeness (QED) is 0.852. The minimum Gasteiger partial charge on any atom is -0.346 e. The maximum atomic E-state index is 12.0. The first-order valence-electron chi connectivity index (χ1n) is 5.74. The minimum atomic E-state index is -0.157. The van der Waals surface area contributed by atoms with E-state index in [0.29, 0.717) is 10.2 Å². The number of nitrogens with zero attached hydrogens (tertiary/aromatic N) is 1. The number of carbonyl (C=O) groups excluding carboxylic acids is 1. The third-order valence-electron chi connectivity index (χ3n) is 2.97. The third kappa shape index (κ3) is 3.19. The number of carbonyl (C=O) groups is 1. The number of hydrogen-bond acceptors (Lipinski definition) is 2. The number of hydrogen-bond donors (Lipinski definition) is 1. The Hall–Kier alpha value is -0.610. The van der Waals surface area contributed by atoms with Gasteiger partial charge in [0.15, 0.2) is 0 Å². The maximum Gasteiger partial charge on any atom is 0.271 e. The Bertz CT molecular complexity index is 413. The third-order valence-corrected chi connectivity index (χ3v) is 4.13. The van der Waals surface area contributed by atoms with Crippen LogP contribution in [0.25, 0.3) is 0 Å². The van der Waals surface area contributed by atoms with Crippen LogP contribution in [0.5, 0.6) is 0 Å². The van der Waals surface area contributed by atoms with Gasteiger partial charge in [-0.25, -0.2) is 4.98 Å². The van der Waals surface area contributed by atoms with Crippen LogP contribution in [0.1, 0.15) is 36.2 Å². The molecule has 2 unspecified atom stereocenters. The highest BCUT2D eigenvalue weighted by Gasteiger charge is 2.25. The van der Waals surface area contributed by atoms with Gasteiger partial charge in [0.25, 0.3) is 5.91 Å². The van der Waals surface area contributed by atoms with Gasteiger partial charge in [0.05, 0.1) is 5.38 Å². The van der Waals surface area contributed by atoms with Crippen LogP contribution in [0.4, 0.5) is 0 Å². The van der Waals surface area contributed by atoms with Gasteiger partial charge in [-0.3, -0.25) is 4.79 Å². The Morgan fingerprint density at radius 1 is 1.47 bits per heavy atom. The van der Waals surface area contributed by atoms with E-state index >= 15 is 0 Å². The Kier molecular flexibility index (Phi) is 4.40. The van der Waals surface area contributed by atoms with Gasteiger partial charge in [0.1, 0.15) is 5.69 Å². The Balaban J connectivity index is 2.04. The van der Waals surface area contributed by atoms with Crippen molar-refractivity contribution < 1.29 is 4.79 Å². The van der Waals surface area contributed by atoms with Crippen molar-refractivity contribution in [2.45, 2.75) is 37.1 Å². The number of rotatable bonds is 2. The van der Waals surface area contributed by atoms with E-state index in [2.05, 4.69) is 26.2 Å². The second-order valence-corrected chi connectivity index (χ2v) is 5.63. The lowest BCUT2D eigenvalue weighted by atomic mass is 9.95. The molecule has 1 fully saturated rings. The molecule has 5 heteroatoms. The van der Waals surface area contributed by atoms with E-state index in [9.17, 15) is 4.79 Å². The van der Waals surface area contributed by atoms with Crippen LogP contribution in [0.3, 0.4) is 0 Å². The summed E-state index contributed by atoms with van der Waals surface area (Å²) in [5.41, 5.74) is 0.418. The van der Waals surface area contributed by atoms with Gasteiger partial charge in [-0.1, -0.05) is 12.8 Å². The van der Waals surface area contributed by atoms with Crippen molar-refractivity contribution in [1.82, 2.24) is 10.3 Å². The molecule has 0 bridgehead atoms. The van der Waals surface area contributed by atoms with Crippen molar-refractivity contribution in [3.05, 3.63) is 28.5 Å². The molecule has 3 nitrogen and oxygen atoms in total. The maximum absolute atomic E-state index is 12.0. The number of aromatic nitrogens is 1. The molecular weight excluding hydrogens is 304 g/mol. The second kappa shape index (κ2) is 5.83. The van der Waals surface area contributed by atoms with E-state index in [-0.39, 0.29) is 17.3 Å². The molecule has 0 radical (unpaired) electrons. The summed E-state index contributed by atoms with van der Waals surface area (Å²) in [6, 6.07) is 3.65. The van der Waals surface area contributed by atoms with Gasteiger partial charge in [0.2, 0.25) is 0 Å². The number of nitrogens with one attached hydrogen (secondary N) is 1. The van der Waals surface area contributed by atoms with Crippen LogP contribution in [0.2, 0.25) is 0 Å². The first-order chi connectivity index (χ1) is 8.18. The molecule has 1 heterocycles. The summed E-state index contributed by atoms with van der Waals surface area (Å²) in [4.78, 5) is 16.1. The van der Waals surface area contributed by atoms with Crippen LogP contribution in [0, 0.1) is 0 Å². The van der Waals surface area contributed by atoms with E-state index < -0.39 is 0 Å². The zero-order chi connectivity index (χ0) is 12.3. The van der Waals surface area contributed by atoms with Gasteiger partial charge in [-0.05, 0) is 40.9 Å². The molecule has 1 N–H and O–H groups in total. The van der Waals surface area contributed by atoms with E-state index in [0.717, 1.165) is 25.7 Å². The lowest BCUT2D eigenvalue weighted by Crippen LogP contribution is -2.43. The molecule has 92 valence electrons. The van der Waals surface area contributed by atoms with E-state index in [1.54, 1.807) is 18.3 Å².